The number of carbonyl (C=O) groups is 4. The van der Waals surface area contributed by atoms with E-state index in [9.17, 15) is 46.5 Å². The van der Waals surface area contributed by atoms with Crippen molar-refractivity contribution in [3.63, 3.8) is 0 Å². The van der Waals surface area contributed by atoms with Crippen LogP contribution in [-0.4, -0.2) is 110 Å². The predicted molar refractivity (Wildman–Crippen MR) is 265 cm³/mol. The Morgan fingerprint density at radius 1 is 1.01 bits per heavy atom. The summed E-state index contributed by atoms with van der Waals surface area (Å²) in [5.41, 5.74) is -0.0745. The lowest BCUT2D eigenvalue weighted by Crippen LogP contribution is -2.47. The number of carbonyl (C=O) groups excluding carboxylic acids is 3. The number of amides is 2. The van der Waals surface area contributed by atoms with E-state index in [0.717, 1.165) is 42.0 Å². The highest BCUT2D eigenvalue weighted by Crippen LogP contribution is 2.35. The molecule has 1 aliphatic rings. The third kappa shape index (κ3) is 18.6. The van der Waals surface area contributed by atoms with E-state index in [1.165, 1.54) is 12.1 Å². The third-order valence-electron chi connectivity index (χ3n) is 9.62. The zero-order valence-electron chi connectivity index (χ0n) is 39.7. The standard InChI is InChI=1S/C16H14ClF3N2O4.C15H22ClNO2.C11H11Cl2NO2.C3H8NO5P/c1-8(2)26-14(24)10-6-9(4-5-11(10)17)22-13(23)7-12(16(18,19)20)21(3)15(22)25;1-5-13-8-6-7-11(2)15(13)17(14(18)9-16)12(3)10-19-4;1-7-6-16-9-5-3-2-4-8(9)14(7)11(15)10(12)13;5-3(6)1-4-2-10(7,8)9/h4-8H,1-3H3;6-8,12H,5,9-10H2,1-4H3;2-5,7,10H,6H2,1H3;4H,1-2H2,(H,5,6)(H2,7,8,9). The summed E-state index contributed by atoms with van der Waals surface area (Å²) in [6, 6.07) is 17.2. The second-order valence-electron chi connectivity index (χ2n) is 15.6. The first-order chi connectivity index (χ1) is 33.0. The van der Waals surface area contributed by atoms with E-state index in [-0.39, 0.29) is 46.1 Å². The summed E-state index contributed by atoms with van der Waals surface area (Å²) in [4.78, 5) is 89.0. The molecule has 5 rings (SSSR count). The van der Waals surface area contributed by atoms with E-state index in [0.29, 0.717) is 34.2 Å². The Kier molecular flexibility index (Phi) is 24.8. The number of nitrogens with zero attached hydrogens (tertiary/aromatic N) is 4. The van der Waals surface area contributed by atoms with Crippen molar-refractivity contribution in [2.75, 3.05) is 48.8 Å². The summed E-state index contributed by atoms with van der Waals surface area (Å²) < 4.78 is 65.3. The average Bonchev–Trinajstić information content (AvgIpc) is 3.28. The molecular weight excluding hydrogens is 1050 g/mol. The minimum Gasteiger partial charge on any atom is -0.489 e. The minimum atomic E-state index is -4.86. The van der Waals surface area contributed by atoms with Crippen molar-refractivity contribution >= 4 is 89.1 Å². The van der Waals surface area contributed by atoms with Crippen LogP contribution in [0.2, 0.25) is 5.02 Å². The van der Waals surface area contributed by atoms with Gasteiger partial charge < -0.3 is 38.9 Å². The van der Waals surface area contributed by atoms with Crippen molar-refractivity contribution in [3.05, 3.63) is 115 Å². The van der Waals surface area contributed by atoms with E-state index in [1.807, 2.05) is 57.2 Å². The predicted octanol–water partition coefficient (Wildman–Crippen LogP) is 7.34. The van der Waals surface area contributed by atoms with E-state index in [2.05, 4.69) is 18.3 Å². The number of rotatable bonds is 14. The van der Waals surface area contributed by atoms with Crippen LogP contribution in [0.25, 0.3) is 5.69 Å². The van der Waals surface area contributed by atoms with Crippen LogP contribution < -0.4 is 31.1 Å². The third-order valence-corrected chi connectivity index (χ3v) is 11.2. The molecule has 2 atom stereocenters. The molecule has 0 bridgehead atoms. The van der Waals surface area contributed by atoms with Crippen LogP contribution in [-0.2, 0) is 48.1 Å². The number of carboxylic acid groups (broad SMARTS) is 1. The molecule has 0 saturated carbocycles. The maximum Gasteiger partial charge on any atom is 0.431 e. The van der Waals surface area contributed by atoms with Crippen molar-refractivity contribution in [1.29, 1.82) is 0 Å². The number of benzene rings is 3. The first-order valence-electron chi connectivity index (χ1n) is 21.2. The molecule has 1 aromatic heterocycles. The number of methoxy groups -OCH3 is 1. The molecular formula is C45H55Cl4F3N5O13P. The second kappa shape index (κ2) is 28.3. The number of ether oxygens (including phenoxy) is 3. The molecule has 1 aliphatic heterocycles. The Morgan fingerprint density at radius 3 is 2.18 bits per heavy atom. The van der Waals surface area contributed by atoms with Gasteiger partial charge in [0.1, 0.15) is 23.9 Å². The van der Waals surface area contributed by atoms with Gasteiger partial charge in [-0.15, -0.1) is 11.6 Å². The number of hydrogen-bond acceptors (Lipinski definition) is 11. The molecule has 4 N–H and O–H groups in total. The number of hydrogen-bond donors (Lipinski definition) is 4. The van der Waals surface area contributed by atoms with E-state index >= 15 is 0 Å². The number of carboxylic acids is 1. The number of esters is 1. The average molecular weight is 1100 g/mol. The summed E-state index contributed by atoms with van der Waals surface area (Å²) in [6.45, 7) is 11.7. The molecule has 4 aromatic rings. The maximum absolute atomic E-state index is 12.9. The molecule has 0 saturated heterocycles. The molecule has 26 heteroatoms. The van der Waals surface area contributed by atoms with E-state index in [1.54, 1.807) is 30.8 Å². The van der Waals surface area contributed by atoms with Crippen molar-refractivity contribution in [3.8, 4) is 11.4 Å². The smallest absolute Gasteiger partial charge is 0.431 e. The molecule has 392 valence electrons. The highest BCUT2D eigenvalue weighted by Gasteiger charge is 2.35. The van der Waals surface area contributed by atoms with Crippen LogP contribution in [0.4, 0.5) is 24.5 Å². The molecule has 2 amide bonds. The topological polar surface area (TPSA) is 236 Å². The van der Waals surface area contributed by atoms with Crippen LogP contribution in [0.15, 0.2) is 76.3 Å². The number of para-hydroxylation sites is 3. The number of alkyl halides is 6. The second-order valence-corrected chi connectivity index (χ2v) is 19.0. The lowest BCUT2D eigenvalue weighted by molar-refractivity contribution is -0.144. The van der Waals surface area contributed by atoms with Gasteiger partial charge in [-0.05, 0) is 82.5 Å². The van der Waals surface area contributed by atoms with Gasteiger partial charge in [-0.25, -0.2) is 14.2 Å². The van der Waals surface area contributed by atoms with Gasteiger partial charge in [0.2, 0.25) is 5.91 Å². The van der Waals surface area contributed by atoms with Crippen LogP contribution in [0, 0.1) is 6.92 Å². The monoisotopic (exact) mass is 1100 g/mol. The molecule has 3 aromatic carbocycles. The largest absolute Gasteiger partial charge is 0.489 e. The SMILES string of the molecule is CC(C)OC(=O)c1cc(-n2c(=O)cc(C(F)(F)F)n(C)c2=O)ccc1Cl.CC1COc2ccccc2N1C(=O)C(Cl)Cl.CCc1cccc(C)c1N(C(=O)CCl)C(C)COC.O=C(O)CNCP(=O)(O)O. The highest BCUT2D eigenvalue weighted by molar-refractivity contribution is 7.51. The van der Waals surface area contributed by atoms with Crippen LogP contribution in [0.5, 0.6) is 5.75 Å². The summed E-state index contributed by atoms with van der Waals surface area (Å²) in [7, 11) is -1.57. The molecule has 0 fully saturated rings. The molecule has 2 heterocycles. The molecule has 18 nitrogen and oxygen atoms in total. The summed E-state index contributed by atoms with van der Waals surface area (Å²) in [5, 5.41) is 10.1. The summed E-state index contributed by atoms with van der Waals surface area (Å²) in [6.07, 6.45) is -5.02. The fourth-order valence-electron chi connectivity index (χ4n) is 6.59. The normalized spacial score (nSPS) is 13.5. The lowest BCUT2D eigenvalue weighted by atomic mass is 10.0. The Balaban J connectivity index is 0.000000341. The Morgan fingerprint density at radius 2 is 1.65 bits per heavy atom. The van der Waals surface area contributed by atoms with E-state index in [4.69, 9.17) is 75.5 Å². The fraction of sp³-hybridized carbons (Fsp3) is 0.422. The van der Waals surface area contributed by atoms with Crippen molar-refractivity contribution < 1.29 is 66.0 Å². The summed E-state index contributed by atoms with van der Waals surface area (Å²) in [5.74, 6) is -1.67. The van der Waals surface area contributed by atoms with Gasteiger partial charge in [0, 0.05) is 20.2 Å². The zero-order chi connectivity index (χ0) is 54.1. The van der Waals surface area contributed by atoms with Crippen LogP contribution >= 0.6 is 54.0 Å². The number of anilines is 2. The van der Waals surface area contributed by atoms with Gasteiger partial charge in [-0.2, -0.15) is 13.2 Å². The molecule has 2 unspecified atom stereocenters. The Labute approximate surface area is 427 Å². The first kappa shape index (κ1) is 62.2. The van der Waals surface area contributed by atoms with Crippen LogP contribution in [0.1, 0.15) is 61.8 Å². The molecule has 71 heavy (non-hydrogen) atoms. The highest BCUT2D eigenvalue weighted by atomic mass is 35.5. The molecule has 0 radical (unpaired) electrons. The van der Waals surface area contributed by atoms with Gasteiger partial charge in [0.25, 0.3) is 11.5 Å². The first-order valence-corrected chi connectivity index (χ1v) is 24.8. The van der Waals surface area contributed by atoms with Gasteiger partial charge in [-0.3, -0.25) is 33.6 Å². The van der Waals surface area contributed by atoms with Gasteiger partial charge in [0.15, 0.2) is 4.84 Å². The zero-order valence-corrected chi connectivity index (χ0v) is 43.6. The van der Waals surface area contributed by atoms with Crippen molar-refractivity contribution in [1.82, 2.24) is 14.5 Å². The fourth-order valence-corrected chi connectivity index (χ4v) is 7.53. The van der Waals surface area contributed by atoms with Gasteiger partial charge in [-0.1, -0.05) is 72.1 Å². The van der Waals surface area contributed by atoms with E-state index < -0.39 is 66.4 Å². The van der Waals surface area contributed by atoms with Crippen LogP contribution in [0.3, 0.4) is 0 Å². The molecule has 0 spiro atoms. The number of aryl methyl sites for hydroxylation is 2. The lowest BCUT2D eigenvalue weighted by Gasteiger charge is -2.35. The van der Waals surface area contributed by atoms with Gasteiger partial charge in [0.05, 0.1) is 65.3 Å². The Hall–Kier alpha value is -4.96. The number of aromatic nitrogens is 2. The maximum atomic E-state index is 12.9. The minimum absolute atomic E-state index is 0.0104. The van der Waals surface area contributed by atoms with Crippen molar-refractivity contribution in [2.24, 2.45) is 7.05 Å². The Bertz CT molecular complexity index is 2650. The molecule has 0 aliphatic carbocycles. The van der Waals surface area contributed by atoms with Gasteiger partial charge >= 0.3 is 31.4 Å². The van der Waals surface area contributed by atoms with Crippen molar-refractivity contribution in [2.45, 2.75) is 77.2 Å². The summed E-state index contributed by atoms with van der Waals surface area (Å²) >= 11 is 22.9. The quantitative estimate of drug-likeness (QED) is 0.0550. The number of halogens is 7. The number of nitrogens with one attached hydrogen (secondary N) is 1. The number of aliphatic carboxylic acids is 1. The number of fused-ring (bicyclic) bond motifs is 1.